The van der Waals surface area contributed by atoms with Crippen LogP contribution in [0, 0.1) is 11.8 Å². The minimum Gasteiger partial charge on any atom is -0.507 e. The molecule has 1 fully saturated rings. The summed E-state index contributed by atoms with van der Waals surface area (Å²) in [6, 6.07) is 1.98. The molecule has 0 aromatic heterocycles. The Hall–Kier alpha value is -2.10. The molecule has 114 valence electrons. The summed E-state index contributed by atoms with van der Waals surface area (Å²) >= 11 is 0. The monoisotopic (exact) mass is 298 g/mol. The van der Waals surface area contributed by atoms with E-state index in [0.29, 0.717) is 12.0 Å². The summed E-state index contributed by atoms with van der Waals surface area (Å²) in [7, 11) is 0. The number of ketones is 1. The molecule has 0 radical (unpaired) electrons. The van der Waals surface area contributed by atoms with E-state index >= 15 is 0 Å². The number of allylic oxidation sites excluding steroid dienone is 1. The largest absolute Gasteiger partial charge is 0.507 e. The summed E-state index contributed by atoms with van der Waals surface area (Å²) < 4.78 is 5.50. The Bertz CT molecular complexity index is 757. The summed E-state index contributed by atoms with van der Waals surface area (Å²) in [5.74, 6) is -0.0379. The highest BCUT2D eigenvalue weighted by atomic mass is 16.6. The quantitative estimate of drug-likeness (QED) is 0.748. The van der Waals surface area contributed by atoms with Gasteiger partial charge in [-0.3, -0.25) is 9.59 Å². The van der Waals surface area contributed by atoms with E-state index in [9.17, 15) is 14.7 Å². The van der Waals surface area contributed by atoms with Crippen molar-refractivity contribution in [2.24, 2.45) is 11.8 Å². The number of carbonyl (C=O) groups excluding carboxylic acids is 2. The van der Waals surface area contributed by atoms with E-state index in [4.69, 9.17) is 4.74 Å². The van der Waals surface area contributed by atoms with E-state index in [1.807, 2.05) is 26.8 Å². The first-order chi connectivity index (χ1) is 10.3. The number of phenols is 1. The molecule has 1 heterocycles. The second kappa shape index (κ2) is 4.00. The van der Waals surface area contributed by atoms with Gasteiger partial charge in [0.25, 0.3) is 0 Å². The second-order valence-corrected chi connectivity index (χ2v) is 7.09. The number of rotatable bonds is 0. The van der Waals surface area contributed by atoms with Gasteiger partial charge >= 0.3 is 5.97 Å². The van der Waals surface area contributed by atoms with Crippen molar-refractivity contribution in [2.45, 2.75) is 38.7 Å². The van der Waals surface area contributed by atoms with Crippen LogP contribution in [0.5, 0.6) is 5.75 Å². The van der Waals surface area contributed by atoms with Crippen LogP contribution in [0.15, 0.2) is 12.1 Å². The number of hydrogen-bond donors (Lipinski definition) is 1. The Morgan fingerprint density at radius 2 is 2.00 bits per heavy atom. The van der Waals surface area contributed by atoms with Crippen LogP contribution >= 0.6 is 0 Å². The molecule has 1 N–H and O–H groups in total. The Kier molecular flexibility index (Phi) is 2.47. The first-order valence-electron chi connectivity index (χ1n) is 7.64. The lowest BCUT2D eigenvalue weighted by Crippen LogP contribution is -2.31. The summed E-state index contributed by atoms with van der Waals surface area (Å²) in [5.41, 5.74) is 2.54. The van der Waals surface area contributed by atoms with E-state index in [1.165, 1.54) is 0 Å². The van der Waals surface area contributed by atoms with Crippen molar-refractivity contribution in [2.75, 3.05) is 0 Å². The third-order valence-corrected chi connectivity index (χ3v) is 5.52. The number of hydrogen-bond acceptors (Lipinski definition) is 4. The van der Waals surface area contributed by atoms with Crippen LogP contribution in [0.4, 0.5) is 0 Å². The van der Waals surface area contributed by atoms with E-state index in [2.05, 4.69) is 0 Å². The fourth-order valence-corrected chi connectivity index (χ4v) is 4.08. The number of fused-ring (bicyclic) bond motifs is 4. The first-order valence-corrected chi connectivity index (χ1v) is 7.64. The molecular formula is C18H18O4. The van der Waals surface area contributed by atoms with Crippen molar-refractivity contribution in [3.63, 3.8) is 0 Å². The van der Waals surface area contributed by atoms with Crippen LogP contribution < -0.4 is 0 Å². The van der Waals surface area contributed by atoms with Gasteiger partial charge < -0.3 is 9.84 Å². The maximum absolute atomic E-state index is 12.2. The highest BCUT2D eigenvalue weighted by Crippen LogP contribution is 2.53. The first kappa shape index (κ1) is 13.6. The van der Waals surface area contributed by atoms with E-state index in [-0.39, 0.29) is 35.4 Å². The van der Waals surface area contributed by atoms with Gasteiger partial charge in [0.2, 0.25) is 0 Å². The topological polar surface area (TPSA) is 63.6 Å². The standard InChI is InChI=1S/C18H18O4/c1-8-10-7-11-12(16(10)22-17(8)21)6-9-4-5-13(19)18(2,3)14(9)15(11)20/h4-6,8,10,16,20H,7H2,1-3H3/t8-,10+,16-/m1/s1. The Morgan fingerprint density at radius 1 is 1.27 bits per heavy atom. The zero-order chi connectivity index (χ0) is 15.8. The molecule has 1 aromatic rings. The van der Waals surface area contributed by atoms with Crippen LogP contribution in [-0.4, -0.2) is 16.9 Å². The zero-order valence-electron chi connectivity index (χ0n) is 12.8. The zero-order valence-corrected chi connectivity index (χ0v) is 12.8. The molecule has 3 atom stereocenters. The van der Waals surface area contributed by atoms with Gasteiger partial charge in [0.1, 0.15) is 11.9 Å². The summed E-state index contributed by atoms with van der Waals surface area (Å²) in [4.78, 5) is 23.9. The molecule has 0 spiro atoms. The van der Waals surface area contributed by atoms with Crippen molar-refractivity contribution in [3.05, 3.63) is 34.4 Å². The SMILES string of the molecule is C[C@H]1C(=O)O[C@H]2c3cc4c(c(O)c3C[C@@H]12)C(C)(C)C(=O)C=C4. The highest BCUT2D eigenvalue weighted by molar-refractivity contribution is 6.05. The van der Waals surface area contributed by atoms with Gasteiger partial charge in [-0.1, -0.05) is 13.0 Å². The molecular weight excluding hydrogens is 280 g/mol. The predicted molar refractivity (Wildman–Crippen MR) is 80.4 cm³/mol. The minimum absolute atomic E-state index is 0.00626. The Balaban J connectivity index is 1.93. The molecule has 1 saturated heterocycles. The van der Waals surface area contributed by atoms with Crippen molar-refractivity contribution in [3.8, 4) is 5.75 Å². The van der Waals surface area contributed by atoms with Gasteiger partial charge in [-0.15, -0.1) is 0 Å². The molecule has 4 nitrogen and oxygen atoms in total. The van der Waals surface area contributed by atoms with Gasteiger partial charge in [-0.05, 0) is 38.0 Å². The van der Waals surface area contributed by atoms with Gasteiger partial charge in [-0.2, -0.15) is 0 Å². The lowest BCUT2D eigenvalue weighted by atomic mass is 9.73. The van der Waals surface area contributed by atoms with Crippen LogP contribution in [0.2, 0.25) is 0 Å². The van der Waals surface area contributed by atoms with E-state index < -0.39 is 5.41 Å². The Morgan fingerprint density at radius 3 is 2.73 bits per heavy atom. The molecule has 4 rings (SSSR count). The number of carbonyl (C=O) groups is 2. The van der Waals surface area contributed by atoms with Crippen LogP contribution in [0.25, 0.3) is 6.08 Å². The maximum atomic E-state index is 12.2. The second-order valence-electron chi connectivity index (χ2n) is 7.09. The van der Waals surface area contributed by atoms with Gasteiger partial charge in [0, 0.05) is 22.6 Å². The molecule has 0 bridgehead atoms. The van der Waals surface area contributed by atoms with Crippen molar-refractivity contribution >= 4 is 17.8 Å². The molecule has 1 aliphatic heterocycles. The number of aromatic hydroxyl groups is 1. The van der Waals surface area contributed by atoms with Gasteiger partial charge in [0.05, 0.1) is 11.3 Å². The summed E-state index contributed by atoms with van der Waals surface area (Å²) in [6.45, 7) is 5.55. The number of phenolic OH excluding ortho intramolecular Hbond substituents is 1. The van der Waals surface area contributed by atoms with E-state index in [1.54, 1.807) is 12.2 Å². The minimum atomic E-state index is -0.733. The normalized spacial score (nSPS) is 30.8. The average Bonchev–Trinajstić information content (AvgIpc) is 2.93. The maximum Gasteiger partial charge on any atom is 0.309 e. The smallest absolute Gasteiger partial charge is 0.309 e. The molecule has 0 unspecified atom stereocenters. The van der Waals surface area contributed by atoms with E-state index in [0.717, 1.165) is 16.7 Å². The number of benzene rings is 1. The molecule has 4 heteroatoms. The van der Waals surface area contributed by atoms with Crippen molar-refractivity contribution in [1.82, 2.24) is 0 Å². The van der Waals surface area contributed by atoms with Crippen LogP contribution in [0.3, 0.4) is 0 Å². The summed E-state index contributed by atoms with van der Waals surface area (Å²) in [6.07, 6.45) is 3.67. The van der Waals surface area contributed by atoms with Gasteiger partial charge in [-0.25, -0.2) is 0 Å². The lowest BCUT2D eigenvalue weighted by molar-refractivity contribution is -0.144. The average molecular weight is 298 g/mol. The van der Waals surface area contributed by atoms with Crippen molar-refractivity contribution in [1.29, 1.82) is 0 Å². The third kappa shape index (κ3) is 1.47. The highest BCUT2D eigenvalue weighted by Gasteiger charge is 2.49. The number of ether oxygens (including phenoxy) is 1. The fourth-order valence-electron chi connectivity index (χ4n) is 4.08. The molecule has 2 aliphatic carbocycles. The van der Waals surface area contributed by atoms with Crippen LogP contribution in [0.1, 0.15) is 49.1 Å². The van der Waals surface area contributed by atoms with Gasteiger partial charge in [0.15, 0.2) is 5.78 Å². The summed E-state index contributed by atoms with van der Waals surface area (Å²) in [5, 5.41) is 10.8. The fraction of sp³-hybridized carbons (Fsp3) is 0.444. The number of esters is 1. The predicted octanol–water partition coefficient (Wildman–Crippen LogP) is 2.67. The lowest BCUT2D eigenvalue weighted by Gasteiger charge is -2.29. The molecule has 22 heavy (non-hydrogen) atoms. The molecule has 0 saturated carbocycles. The van der Waals surface area contributed by atoms with Crippen LogP contribution in [-0.2, 0) is 26.2 Å². The molecule has 3 aliphatic rings. The molecule has 0 amide bonds. The Labute approximate surface area is 128 Å². The molecule has 1 aromatic carbocycles. The van der Waals surface area contributed by atoms with Crippen molar-refractivity contribution < 1.29 is 19.4 Å². The third-order valence-electron chi connectivity index (χ3n) is 5.52.